The maximum absolute atomic E-state index is 10.7. The molecule has 0 aliphatic heterocycles. The van der Waals surface area contributed by atoms with Gasteiger partial charge in [-0.05, 0) is 85.3 Å². The minimum atomic E-state index is -0.422. The average molecular weight is 474 g/mol. The Kier molecular flexibility index (Phi) is 5.59. The predicted molar refractivity (Wildman–Crippen MR) is 117 cm³/mol. The molecule has 0 aliphatic rings. The molecule has 0 saturated carbocycles. The SMILES string of the molecule is Cc1cc(-n2c(C)cc(/C=N\Nc3ccc([N+](=O)[O-])cc3)c2C)ccc1I. The van der Waals surface area contributed by atoms with E-state index < -0.39 is 4.92 Å². The van der Waals surface area contributed by atoms with Gasteiger partial charge in [0.2, 0.25) is 0 Å². The first kappa shape index (κ1) is 19.1. The number of nitro groups is 1. The first-order valence-electron chi connectivity index (χ1n) is 8.36. The molecule has 0 fully saturated rings. The standard InChI is InChI=1S/C20H19IN4O2/c1-13-10-19(8-9-20(13)21)24-14(2)11-16(15(24)3)12-22-23-17-4-6-18(7-5-17)25(26)27/h4-12,23H,1-3H3/b22-12-. The lowest BCUT2D eigenvalue weighted by Gasteiger charge is -2.11. The van der Waals surface area contributed by atoms with Crippen molar-refractivity contribution >= 4 is 40.2 Å². The van der Waals surface area contributed by atoms with E-state index in [1.165, 1.54) is 21.3 Å². The predicted octanol–water partition coefficient (Wildman–Crippen LogP) is 5.36. The zero-order chi connectivity index (χ0) is 19.6. The Morgan fingerprint density at radius 2 is 1.81 bits per heavy atom. The van der Waals surface area contributed by atoms with E-state index in [-0.39, 0.29) is 5.69 Å². The number of nitrogens with zero attached hydrogens (tertiary/aromatic N) is 3. The molecule has 0 radical (unpaired) electrons. The number of aromatic nitrogens is 1. The third kappa shape index (κ3) is 4.19. The summed E-state index contributed by atoms with van der Waals surface area (Å²) in [6.07, 6.45) is 1.76. The van der Waals surface area contributed by atoms with Crippen LogP contribution in [0.1, 0.15) is 22.5 Å². The fourth-order valence-corrected chi connectivity index (χ4v) is 3.25. The van der Waals surface area contributed by atoms with Crippen molar-refractivity contribution in [3.8, 4) is 5.69 Å². The van der Waals surface area contributed by atoms with Gasteiger partial charge in [-0.1, -0.05) is 0 Å². The van der Waals surface area contributed by atoms with Crippen molar-refractivity contribution in [1.82, 2.24) is 4.57 Å². The van der Waals surface area contributed by atoms with Crippen molar-refractivity contribution in [2.75, 3.05) is 5.43 Å². The van der Waals surface area contributed by atoms with E-state index in [9.17, 15) is 10.1 Å². The van der Waals surface area contributed by atoms with E-state index in [2.05, 4.69) is 82.7 Å². The summed E-state index contributed by atoms with van der Waals surface area (Å²) in [7, 11) is 0. The van der Waals surface area contributed by atoms with Gasteiger partial charge in [0.1, 0.15) is 0 Å². The van der Waals surface area contributed by atoms with Gasteiger partial charge in [-0.2, -0.15) is 5.10 Å². The third-order valence-corrected chi connectivity index (χ3v) is 5.56. The number of rotatable bonds is 5. The Morgan fingerprint density at radius 1 is 1.11 bits per heavy atom. The molecule has 27 heavy (non-hydrogen) atoms. The molecule has 2 aromatic carbocycles. The summed E-state index contributed by atoms with van der Waals surface area (Å²) in [5, 5.41) is 15.0. The minimum Gasteiger partial charge on any atom is -0.318 e. The molecular formula is C20H19IN4O2. The second-order valence-electron chi connectivity index (χ2n) is 6.27. The summed E-state index contributed by atoms with van der Waals surface area (Å²) >= 11 is 2.34. The summed E-state index contributed by atoms with van der Waals surface area (Å²) in [5.74, 6) is 0. The smallest absolute Gasteiger partial charge is 0.269 e. The lowest BCUT2D eigenvalue weighted by Crippen LogP contribution is -2.00. The van der Waals surface area contributed by atoms with Gasteiger partial charge in [0, 0.05) is 38.3 Å². The highest BCUT2D eigenvalue weighted by atomic mass is 127. The number of hydrogen-bond acceptors (Lipinski definition) is 4. The molecule has 0 spiro atoms. The largest absolute Gasteiger partial charge is 0.318 e. The molecule has 1 aromatic heterocycles. The fourth-order valence-electron chi connectivity index (χ4n) is 2.92. The highest BCUT2D eigenvalue weighted by molar-refractivity contribution is 14.1. The number of nitrogens with one attached hydrogen (secondary N) is 1. The number of non-ortho nitro benzene ring substituents is 1. The van der Waals surface area contributed by atoms with Crippen LogP contribution in [0.5, 0.6) is 0 Å². The maximum Gasteiger partial charge on any atom is 0.269 e. The number of hydrazone groups is 1. The first-order valence-corrected chi connectivity index (χ1v) is 9.43. The summed E-state index contributed by atoms with van der Waals surface area (Å²) < 4.78 is 3.45. The van der Waals surface area contributed by atoms with Crippen molar-refractivity contribution in [2.24, 2.45) is 5.10 Å². The van der Waals surface area contributed by atoms with Crippen LogP contribution in [-0.4, -0.2) is 15.7 Å². The zero-order valence-electron chi connectivity index (χ0n) is 15.2. The van der Waals surface area contributed by atoms with Crippen LogP contribution in [0.25, 0.3) is 5.69 Å². The number of nitro benzene ring substituents is 1. The van der Waals surface area contributed by atoms with E-state index >= 15 is 0 Å². The van der Waals surface area contributed by atoms with E-state index in [0.717, 1.165) is 22.6 Å². The molecule has 7 heteroatoms. The Bertz CT molecular complexity index is 1020. The quantitative estimate of drug-likeness (QED) is 0.234. The van der Waals surface area contributed by atoms with Gasteiger partial charge in [-0.3, -0.25) is 15.5 Å². The molecule has 1 N–H and O–H groups in total. The summed E-state index contributed by atoms with van der Waals surface area (Å²) in [4.78, 5) is 10.3. The zero-order valence-corrected chi connectivity index (χ0v) is 17.4. The molecule has 0 unspecified atom stereocenters. The topological polar surface area (TPSA) is 72.5 Å². The van der Waals surface area contributed by atoms with Crippen LogP contribution in [0, 0.1) is 34.5 Å². The molecule has 0 aliphatic carbocycles. The van der Waals surface area contributed by atoms with Crippen molar-refractivity contribution in [1.29, 1.82) is 0 Å². The van der Waals surface area contributed by atoms with Gasteiger partial charge < -0.3 is 4.57 Å². The average Bonchev–Trinajstić information content (AvgIpc) is 2.92. The molecular weight excluding hydrogens is 455 g/mol. The monoisotopic (exact) mass is 474 g/mol. The summed E-state index contributed by atoms with van der Waals surface area (Å²) in [5.41, 5.74) is 9.28. The molecule has 0 atom stereocenters. The van der Waals surface area contributed by atoms with Crippen molar-refractivity contribution in [3.05, 3.63) is 84.7 Å². The number of benzene rings is 2. The van der Waals surface area contributed by atoms with Gasteiger partial charge in [-0.15, -0.1) is 0 Å². The van der Waals surface area contributed by atoms with Crippen LogP contribution in [0.15, 0.2) is 53.6 Å². The Hall–Kier alpha value is -2.68. The molecule has 0 saturated heterocycles. The van der Waals surface area contributed by atoms with Crippen LogP contribution in [0.3, 0.4) is 0 Å². The molecule has 0 bridgehead atoms. The maximum atomic E-state index is 10.7. The van der Waals surface area contributed by atoms with E-state index in [0.29, 0.717) is 5.69 Å². The normalized spacial score (nSPS) is 11.1. The van der Waals surface area contributed by atoms with Crippen molar-refractivity contribution in [2.45, 2.75) is 20.8 Å². The van der Waals surface area contributed by atoms with E-state index in [1.54, 1.807) is 18.3 Å². The van der Waals surface area contributed by atoms with Crippen LogP contribution < -0.4 is 5.43 Å². The lowest BCUT2D eigenvalue weighted by molar-refractivity contribution is -0.384. The molecule has 1 heterocycles. The highest BCUT2D eigenvalue weighted by Gasteiger charge is 2.10. The van der Waals surface area contributed by atoms with Crippen LogP contribution >= 0.6 is 22.6 Å². The van der Waals surface area contributed by atoms with Gasteiger partial charge in [0.25, 0.3) is 5.69 Å². The van der Waals surface area contributed by atoms with Crippen molar-refractivity contribution in [3.63, 3.8) is 0 Å². The number of hydrogen-bond donors (Lipinski definition) is 1. The summed E-state index contributed by atoms with van der Waals surface area (Å²) in [6, 6.07) is 14.7. The highest BCUT2D eigenvalue weighted by Crippen LogP contribution is 2.23. The number of anilines is 1. The third-order valence-electron chi connectivity index (χ3n) is 4.35. The van der Waals surface area contributed by atoms with Crippen LogP contribution in [0.4, 0.5) is 11.4 Å². The molecule has 3 aromatic rings. The summed E-state index contributed by atoms with van der Waals surface area (Å²) in [6.45, 7) is 6.24. The van der Waals surface area contributed by atoms with Gasteiger partial charge >= 0.3 is 0 Å². The molecule has 3 rings (SSSR count). The lowest BCUT2D eigenvalue weighted by atomic mass is 10.2. The fraction of sp³-hybridized carbons (Fsp3) is 0.150. The Balaban J connectivity index is 1.80. The number of aryl methyl sites for hydroxylation is 2. The van der Waals surface area contributed by atoms with Crippen molar-refractivity contribution < 1.29 is 4.92 Å². The Morgan fingerprint density at radius 3 is 2.44 bits per heavy atom. The van der Waals surface area contributed by atoms with Crippen LogP contribution in [0.2, 0.25) is 0 Å². The van der Waals surface area contributed by atoms with Gasteiger partial charge in [-0.25, -0.2) is 0 Å². The van der Waals surface area contributed by atoms with E-state index in [1.807, 2.05) is 0 Å². The molecule has 6 nitrogen and oxygen atoms in total. The second kappa shape index (κ2) is 7.91. The number of halogens is 1. The molecule has 138 valence electrons. The van der Waals surface area contributed by atoms with E-state index in [4.69, 9.17) is 0 Å². The Labute approximate surface area is 171 Å². The minimum absolute atomic E-state index is 0.0564. The van der Waals surface area contributed by atoms with Gasteiger partial charge in [0.05, 0.1) is 16.8 Å². The first-order chi connectivity index (χ1) is 12.9. The van der Waals surface area contributed by atoms with Crippen LogP contribution in [-0.2, 0) is 0 Å². The molecule has 0 amide bonds. The van der Waals surface area contributed by atoms with Gasteiger partial charge in [0.15, 0.2) is 0 Å². The second-order valence-corrected chi connectivity index (χ2v) is 7.43.